The van der Waals surface area contributed by atoms with Gasteiger partial charge in [0.15, 0.2) is 0 Å². The van der Waals surface area contributed by atoms with E-state index < -0.39 is 5.41 Å². The molecular formula is C16H15N4P. The average molecular weight is 294 g/mol. The highest BCUT2D eigenvalue weighted by atomic mass is 31.0. The molecule has 0 heterocycles. The molecule has 0 aliphatic carbocycles. The number of benzene rings is 1. The third-order valence-electron chi connectivity index (χ3n) is 3.39. The van der Waals surface area contributed by atoms with Gasteiger partial charge in [0.05, 0.1) is 36.1 Å². The Kier molecular flexibility index (Phi) is 6.37. The summed E-state index contributed by atoms with van der Waals surface area (Å²) in [4.78, 5) is 0. The topological polar surface area (TPSA) is 95.2 Å². The lowest BCUT2D eigenvalue weighted by Crippen LogP contribution is -2.25. The van der Waals surface area contributed by atoms with Crippen molar-refractivity contribution in [2.24, 2.45) is 0 Å². The standard InChI is InChI=1S/C16H15N4P/c17-6-1-4-16(12-20,5-2-7-18)14-9-13(3-8-19)10-15(21)11-14/h9-11H,1-5,21H2. The molecule has 1 aromatic rings. The summed E-state index contributed by atoms with van der Waals surface area (Å²) in [5.74, 6) is 0. The molecule has 1 unspecified atom stereocenters. The summed E-state index contributed by atoms with van der Waals surface area (Å²) in [6.07, 6.45) is 1.57. The maximum absolute atomic E-state index is 9.65. The van der Waals surface area contributed by atoms with E-state index in [0.29, 0.717) is 12.8 Å². The minimum Gasteiger partial charge on any atom is -0.198 e. The van der Waals surface area contributed by atoms with Gasteiger partial charge in [-0.3, -0.25) is 0 Å². The average Bonchev–Trinajstić information content (AvgIpc) is 2.48. The van der Waals surface area contributed by atoms with E-state index >= 15 is 0 Å². The van der Waals surface area contributed by atoms with Crippen molar-refractivity contribution in [3.05, 3.63) is 29.3 Å². The van der Waals surface area contributed by atoms with Crippen LogP contribution in [0.1, 0.15) is 36.8 Å². The zero-order valence-corrected chi connectivity index (χ0v) is 12.8. The minimum absolute atomic E-state index is 0.258. The molecule has 1 aromatic carbocycles. The number of hydrogen-bond donors (Lipinski definition) is 0. The summed E-state index contributed by atoms with van der Waals surface area (Å²) >= 11 is 0. The lowest BCUT2D eigenvalue weighted by atomic mass is 9.74. The molecule has 1 rings (SSSR count). The maximum Gasteiger partial charge on any atom is 0.0842 e. The second-order valence-corrected chi connectivity index (χ2v) is 5.47. The fourth-order valence-electron chi connectivity index (χ4n) is 2.32. The largest absolute Gasteiger partial charge is 0.198 e. The molecule has 0 aliphatic rings. The Hall–Kier alpha value is -2.39. The summed E-state index contributed by atoms with van der Waals surface area (Å²) < 4.78 is 0. The van der Waals surface area contributed by atoms with E-state index in [4.69, 9.17) is 15.8 Å². The van der Waals surface area contributed by atoms with E-state index in [1.165, 1.54) is 0 Å². The highest BCUT2D eigenvalue weighted by Gasteiger charge is 2.32. The lowest BCUT2D eigenvalue weighted by molar-refractivity contribution is 0.476. The van der Waals surface area contributed by atoms with Gasteiger partial charge in [-0.05, 0) is 29.3 Å². The quantitative estimate of drug-likeness (QED) is 0.753. The molecule has 0 N–H and O–H groups in total. The van der Waals surface area contributed by atoms with Gasteiger partial charge < -0.3 is 0 Å². The molecule has 104 valence electrons. The zero-order chi connectivity index (χ0) is 15.7. The molecule has 21 heavy (non-hydrogen) atoms. The predicted octanol–water partition coefficient (Wildman–Crippen LogP) is 2.62. The van der Waals surface area contributed by atoms with Crippen LogP contribution < -0.4 is 5.30 Å². The predicted molar refractivity (Wildman–Crippen MR) is 82.1 cm³/mol. The number of rotatable bonds is 6. The molecule has 0 amide bonds. The van der Waals surface area contributed by atoms with Crippen molar-refractivity contribution < 1.29 is 0 Å². The van der Waals surface area contributed by atoms with Crippen LogP contribution in [-0.2, 0) is 11.8 Å². The van der Waals surface area contributed by atoms with E-state index in [0.717, 1.165) is 16.4 Å². The van der Waals surface area contributed by atoms with Crippen LogP contribution in [0.3, 0.4) is 0 Å². The Balaban J connectivity index is 3.31. The number of nitriles is 4. The summed E-state index contributed by atoms with van der Waals surface area (Å²) in [6, 6.07) is 14.1. The first-order chi connectivity index (χ1) is 10.1. The highest BCUT2D eigenvalue weighted by molar-refractivity contribution is 7.27. The van der Waals surface area contributed by atoms with Crippen molar-refractivity contribution in [1.82, 2.24) is 0 Å². The van der Waals surface area contributed by atoms with Crippen LogP contribution in [0.2, 0.25) is 0 Å². The number of nitrogens with zero attached hydrogens (tertiary/aromatic N) is 4. The fraction of sp³-hybridized carbons (Fsp3) is 0.375. The summed E-state index contributed by atoms with van der Waals surface area (Å²) in [6.45, 7) is 0. The monoisotopic (exact) mass is 294 g/mol. The SMILES string of the molecule is N#CCCC(C#N)(CCC#N)c1cc(P)cc(CC#N)c1. The Bertz CT molecular complexity index is 649. The highest BCUT2D eigenvalue weighted by Crippen LogP contribution is 2.34. The van der Waals surface area contributed by atoms with Crippen LogP contribution >= 0.6 is 9.24 Å². The van der Waals surface area contributed by atoms with Crippen LogP contribution in [-0.4, -0.2) is 0 Å². The van der Waals surface area contributed by atoms with Gasteiger partial charge in [-0.15, -0.1) is 9.24 Å². The first kappa shape index (κ1) is 16.7. The van der Waals surface area contributed by atoms with Gasteiger partial charge in [-0.2, -0.15) is 21.0 Å². The van der Waals surface area contributed by atoms with Gasteiger partial charge in [0.1, 0.15) is 0 Å². The molecule has 0 saturated carbocycles. The summed E-state index contributed by atoms with van der Waals surface area (Å²) in [5, 5.41) is 37.0. The lowest BCUT2D eigenvalue weighted by Gasteiger charge is -2.26. The van der Waals surface area contributed by atoms with Crippen molar-refractivity contribution in [3.8, 4) is 24.3 Å². The van der Waals surface area contributed by atoms with Crippen LogP contribution in [0, 0.1) is 45.3 Å². The maximum atomic E-state index is 9.65. The molecule has 0 bridgehead atoms. The van der Waals surface area contributed by atoms with E-state index in [2.05, 4.69) is 33.5 Å². The van der Waals surface area contributed by atoms with Crippen LogP contribution in [0.5, 0.6) is 0 Å². The Morgan fingerprint density at radius 1 is 0.905 bits per heavy atom. The van der Waals surface area contributed by atoms with Crippen LogP contribution in [0.15, 0.2) is 18.2 Å². The van der Waals surface area contributed by atoms with Gasteiger partial charge in [-0.1, -0.05) is 18.2 Å². The molecule has 0 aromatic heterocycles. The Labute approximate surface area is 127 Å². The first-order valence-corrected chi connectivity index (χ1v) is 7.11. The van der Waals surface area contributed by atoms with Gasteiger partial charge in [0.2, 0.25) is 0 Å². The molecule has 4 nitrogen and oxygen atoms in total. The molecular weight excluding hydrogens is 279 g/mol. The fourth-order valence-corrected chi connectivity index (χ4v) is 2.71. The second kappa shape index (κ2) is 8.02. The summed E-state index contributed by atoms with van der Waals surface area (Å²) in [5.41, 5.74) is 0.782. The normalized spacial score (nSPS) is 9.95. The van der Waals surface area contributed by atoms with Crippen LogP contribution in [0.4, 0.5) is 0 Å². The minimum atomic E-state index is -0.845. The molecule has 0 spiro atoms. The van der Waals surface area contributed by atoms with Crippen molar-refractivity contribution in [3.63, 3.8) is 0 Å². The molecule has 0 radical (unpaired) electrons. The zero-order valence-electron chi connectivity index (χ0n) is 11.6. The Morgan fingerprint density at radius 3 is 2.00 bits per heavy atom. The van der Waals surface area contributed by atoms with Gasteiger partial charge >= 0.3 is 0 Å². The third-order valence-corrected chi connectivity index (χ3v) is 3.73. The summed E-state index contributed by atoms with van der Waals surface area (Å²) in [7, 11) is 2.57. The molecule has 1 atom stereocenters. The van der Waals surface area contributed by atoms with E-state index in [1.54, 1.807) is 0 Å². The Morgan fingerprint density at radius 2 is 1.52 bits per heavy atom. The van der Waals surface area contributed by atoms with Crippen LogP contribution in [0.25, 0.3) is 0 Å². The van der Waals surface area contributed by atoms with E-state index in [9.17, 15) is 5.26 Å². The molecule has 0 aliphatic heterocycles. The number of hydrogen-bond acceptors (Lipinski definition) is 4. The second-order valence-electron chi connectivity index (χ2n) is 4.81. The van der Waals surface area contributed by atoms with Crippen molar-refractivity contribution in [1.29, 1.82) is 21.0 Å². The first-order valence-electron chi connectivity index (χ1n) is 6.54. The smallest absolute Gasteiger partial charge is 0.0842 e. The van der Waals surface area contributed by atoms with Crippen molar-refractivity contribution in [2.75, 3.05) is 0 Å². The van der Waals surface area contributed by atoms with Crippen molar-refractivity contribution >= 4 is 14.5 Å². The molecule has 0 saturated heterocycles. The van der Waals surface area contributed by atoms with E-state index in [-0.39, 0.29) is 19.3 Å². The van der Waals surface area contributed by atoms with E-state index in [1.807, 2.05) is 18.2 Å². The van der Waals surface area contributed by atoms with Gasteiger partial charge in [0, 0.05) is 12.8 Å². The molecule has 5 heteroatoms. The van der Waals surface area contributed by atoms with Crippen molar-refractivity contribution in [2.45, 2.75) is 37.5 Å². The van der Waals surface area contributed by atoms with Gasteiger partial charge in [0.25, 0.3) is 0 Å². The molecule has 0 fully saturated rings. The van der Waals surface area contributed by atoms with Gasteiger partial charge in [-0.25, -0.2) is 0 Å². The third kappa shape index (κ3) is 4.29.